The van der Waals surface area contributed by atoms with E-state index in [1.54, 1.807) is 18.9 Å². The first kappa shape index (κ1) is 21.9. The molecule has 0 saturated heterocycles. The molecule has 1 aliphatic rings. The summed E-state index contributed by atoms with van der Waals surface area (Å²) in [5, 5.41) is 5.53. The number of ether oxygens (including phenoxy) is 2. The Hall–Kier alpha value is -4.59. The van der Waals surface area contributed by atoms with Crippen LogP contribution >= 0.6 is 0 Å². The van der Waals surface area contributed by atoms with Gasteiger partial charge in [0.05, 0.1) is 31.0 Å². The first-order valence-electron chi connectivity index (χ1n) is 11.8. The van der Waals surface area contributed by atoms with Gasteiger partial charge in [0.1, 0.15) is 17.3 Å². The number of rotatable bonds is 5. The number of hydrogen-bond donors (Lipinski definition) is 1. The molecule has 0 saturated carbocycles. The van der Waals surface area contributed by atoms with Crippen molar-refractivity contribution >= 4 is 22.8 Å². The Kier molecular flexibility index (Phi) is 5.41. The highest BCUT2D eigenvalue weighted by Crippen LogP contribution is 2.35. The first-order chi connectivity index (χ1) is 17.6. The van der Waals surface area contributed by atoms with Crippen molar-refractivity contribution in [2.45, 2.75) is 13.0 Å². The zero-order chi connectivity index (χ0) is 24.6. The summed E-state index contributed by atoms with van der Waals surface area (Å²) in [4.78, 5) is 12.1. The fourth-order valence-electron chi connectivity index (χ4n) is 4.69. The molecule has 180 valence electrons. The van der Waals surface area contributed by atoms with E-state index in [4.69, 9.17) is 30.3 Å². The number of anilines is 2. The highest BCUT2D eigenvalue weighted by molar-refractivity contribution is 5.99. The smallest absolute Gasteiger partial charge is 0.228 e. The van der Waals surface area contributed by atoms with Crippen LogP contribution in [0.5, 0.6) is 11.5 Å². The van der Waals surface area contributed by atoms with E-state index in [-0.39, 0.29) is 0 Å². The molecule has 3 heterocycles. The van der Waals surface area contributed by atoms with E-state index in [0.29, 0.717) is 17.4 Å². The number of benzene rings is 3. The molecule has 0 spiro atoms. The lowest BCUT2D eigenvalue weighted by atomic mass is 10.0. The highest BCUT2D eigenvalue weighted by Gasteiger charge is 2.24. The van der Waals surface area contributed by atoms with E-state index in [9.17, 15) is 0 Å². The molecule has 3 aromatic carbocycles. The second kappa shape index (κ2) is 8.88. The zero-order valence-corrected chi connectivity index (χ0v) is 20.2. The summed E-state index contributed by atoms with van der Waals surface area (Å²) in [6, 6.07) is 23.9. The molecule has 0 unspecified atom stereocenters. The Labute approximate surface area is 208 Å². The average Bonchev–Trinajstić information content (AvgIpc) is 3.28. The van der Waals surface area contributed by atoms with Crippen LogP contribution in [0.4, 0.5) is 11.8 Å². The first-order valence-corrected chi connectivity index (χ1v) is 11.8. The lowest BCUT2D eigenvalue weighted by Gasteiger charge is -2.29. The summed E-state index contributed by atoms with van der Waals surface area (Å²) in [7, 11) is 3.30. The third-order valence-corrected chi connectivity index (χ3v) is 6.65. The van der Waals surface area contributed by atoms with Gasteiger partial charge in [0.2, 0.25) is 5.95 Å². The van der Waals surface area contributed by atoms with Gasteiger partial charge in [-0.05, 0) is 66.1 Å². The highest BCUT2D eigenvalue weighted by atomic mass is 16.5. The van der Waals surface area contributed by atoms with E-state index in [2.05, 4.69) is 29.2 Å². The van der Waals surface area contributed by atoms with Gasteiger partial charge < -0.3 is 20.1 Å². The van der Waals surface area contributed by atoms with E-state index >= 15 is 0 Å². The third-order valence-electron chi connectivity index (χ3n) is 6.65. The molecule has 1 aliphatic heterocycles. The average molecular weight is 479 g/mol. The molecular weight excluding hydrogens is 452 g/mol. The second-order valence-corrected chi connectivity index (χ2v) is 8.73. The molecule has 6 rings (SSSR count). The Balaban J connectivity index is 1.51. The van der Waals surface area contributed by atoms with Crippen LogP contribution in [0.2, 0.25) is 0 Å². The molecular formula is C28H26N6O2. The monoisotopic (exact) mass is 478 g/mol. The number of nitrogens with two attached hydrogens (primary N) is 1. The van der Waals surface area contributed by atoms with Crippen LogP contribution in [0.15, 0.2) is 72.8 Å². The Bertz CT molecular complexity index is 1540. The quantitative estimate of drug-likeness (QED) is 0.393. The van der Waals surface area contributed by atoms with Crippen LogP contribution in [0, 0.1) is 0 Å². The summed E-state index contributed by atoms with van der Waals surface area (Å²) in [5.41, 5.74) is 12.4. The molecule has 2 N–H and O–H groups in total. The number of nitrogens with zero attached hydrogens (tertiary/aromatic N) is 5. The maximum absolute atomic E-state index is 6.68. The van der Waals surface area contributed by atoms with E-state index in [1.165, 1.54) is 11.1 Å². The maximum Gasteiger partial charge on any atom is 0.228 e. The van der Waals surface area contributed by atoms with Crippen LogP contribution in [0.3, 0.4) is 0 Å². The van der Waals surface area contributed by atoms with Gasteiger partial charge in [-0.2, -0.15) is 4.98 Å². The van der Waals surface area contributed by atoms with Crippen molar-refractivity contribution in [1.82, 2.24) is 19.7 Å². The van der Waals surface area contributed by atoms with Gasteiger partial charge in [0.25, 0.3) is 0 Å². The van der Waals surface area contributed by atoms with Crippen LogP contribution in [0.25, 0.3) is 28.0 Å². The topological polar surface area (TPSA) is 91.3 Å². The van der Waals surface area contributed by atoms with Crippen molar-refractivity contribution in [3.8, 4) is 28.4 Å². The second-order valence-electron chi connectivity index (χ2n) is 8.73. The van der Waals surface area contributed by atoms with Crippen LogP contribution < -0.4 is 20.1 Å². The molecule has 0 aliphatic carbocycles. The fourth-order valence-corrected chi connectivity index (χ4v) is 4.69. The van der Waals surface area contributed by atoms with Crippen LogP contribution in [-0.2, 0) is 13.0 Å². The van der Waals surface area contributed by atoms with Crippen LogP contribution in [0.1, 0.15) is 11.1 Å². The van der Waals surface area contributed by atoms with Crippen molar-refractivity contribution in [2.75, 3.05) is 31.4 Å². The lowest BCUT2D eigenvalue weighted by Crippen LogP contribution is -2.31. The predicted octanol–water partition coefficient (Wildman–Crippen LogP) is 4.64. The van der Waals surface area contributed by atoms with E-state index in [1.807, 2.05) is 48.5 Å². The van der Waals surface area contributed by atoms with Gasteiger partial charge in [-0.3, -0.25) is 0 Å². The molecule has 0 fully saturated rings. The lowest BCUT2D eigenvalue weighted by molar-refractivity contribution is 0.414. The molecule has 0 atom stereocenters. The number of aromatic nitrogens is 4. The van der Waals surface area contributed by atoms with Crippen LogP contribution in [-0.4, -0.2) is 40.5 Å². The maximum atomic E-state index is 6.68. The summed E-state index contributed by atoms with van der Waals surface area (Å²) < 4.78 is 12.4. The Morgan fingerprint density at radius 3 is 2.17 bits per heavy atom. The van der Waals surface area contributed by atoms with Gasteiger partial charge in [0.15, 0.2) is 5.65 Å². The number of nitrogen functional groups attached to an aromatic ring is 1. The normalized spacial score (nSPS) is 13.0. The Morgan fingerprint density at radius 1 is 0.806 bits per heavy atom. The predicted molar refractivity (Wildman–Crippen MR) is 141 cm³/mol. The standard InChI is InChI=1S/C28H26N6O2/c1-35-22-11-7-19(8-12-22)25-24-26(29)34(21-9-13-23(36-2)14-10-21)32-27(24)31-28(30-25)33-16-15-18-5-3-4-6-20(18)17-33/h3-14H,15-17,29H2,1-2H3. The third kappa shape index (κ3) is 3.76. The number of methoxy groups -OCH3 is 2. The van der Waals surface area contributed by atoms with Gasteiger partial charge in [-0.1, -0.05) is 24.3 Å². The Morgan fingerprint density at radius 2 is 1.47 bits per heavy atom. The minimum atomic E-state index is 0.483. The van der Waals surface area contributed by atoms with Crippen molar-refractivity contribution in [2.24, 2.45) is 0 Å². The summed E-state index contributed by atoms with van der Waals surface area (Å²) in [6.07, 6.45) is 0.942. The van der Waals surface area contributed by atoms with Crippen molar-refractivity contribution in [3.63, 3.8) is 0 Å². The molecule has 5 aromatic rings. The summed E-state index contributed by atoms with van der Waals surface area (Å²) in [6.45, 7) is 1.58. The van der Waals surface area contributed by atoms with Gasteiger partial charge >= 0.3 is 0 Å². The van der Waals surface area contributed by atoms with Gasteiger partial charge in [-0.25, -0.2) is 9.67 Å². The van der Waals surface area contributed by atoms with E-state index in [0.717, 1.165) is 53.3 Å². The largest absolute Gasteiger partial charge is 0.497 e. The van der Waals surface area contributed by atoms with Crippen molar-refractivity contribution in [3.05, 3.63) is 83.9 Å². The molecule has 8 heteroatoms. The zero-order valence-electron chi connectivity index (χ0n) is 20.2. The number of fused-ring (bicyclic) bond motifs is 2. The summed E-state index contributed by atoms with van der Waals surface area (Å²) in [5.74, 6) is 2.66. The number of hydrogen-bond acceptors (Lipinski definition) is 7. The summed E-state index contributed by atoms with van der Waals surface area (Å²) >= 11 is 0. The molecule has 8 nitrogen and oxygen atoms in total. The van der Waals surface area contributed by atoms with Crippen molar-refractivity contribution in [1.29, 1.82) is 0 Å². The van der Waals surface area contributed by atoms with E-state index < -0.39 is 0 Å². The minimum Gasteiger partial charge on any atom is -0.497 e. The molecule has 0 amide bonds. The van der Waals surface area contributed by atoms with Crippen molar-refractivity contribution < 1.29 is 9.47 Å². The molecule has 2 aromatic heterocycles. The molecule has 0 bridgehead atoms. The fraction of sp³-hybridized carbons (Fsp3) is 0.179. The van der Waals surface area contributed by atoms with Gasteiger partial charge in [-0.15, -0.1) is 5.10 Å². The SMILES string of the molecule is COc1ccc(-c2nc(N3CCc4ccccc4C3)nc3nn(-c4ccc(OC)cc4)c(N)c23)cc1. The van der Waals surface area contributed by atoms with Gasteiger partial charge in [0, 0.05) is 18.7 Å². The molecule has 36 heavy (non-hydrogen) atoms. The minimum absolute atomic E-state index is 0.483. The molecule has 0 radical (unpaired) electrons.